The number of para-hydroxylation sites is 1. The summed E-state index contributed by atoms with van der Waals surface area (Å²) < 4.78 is 5.37. The van der Waals surface area contributed by atoms with E-state index in [0.29, 0.717) is 0 Å². The lowest BCUT2D eigenvalue weighted by Crippen LogP contribution is -2.15. The highest BCUT2D eigenvalue weighted by Crippen LogP contribution is 2.33. The van der Waals surface area contributed by atoms with Crippen molar-refractivity contribution in [3.8, 4) is 5.75 Å². The zero-order valence-corrected chi connectivity index (χ0v) is 13.7. The molecule has 0 aliphatic carbocycles. The average Bonchev–Trinajstić information content (AvgIpc) is 2.55. The number of allylic oxidation sites excluding steroid dienone is 3. The third kappa shape index (κ3) is 3.40. The van der Waals surface area contributed by atoms with Gasteiger partial charge < -0.3 is 9.64 Å². The van der Waals surface area contributed by atoms with Crippen LogP contribution in [0.3, 0.4) is 0 Å². The molecule has 0 spiro atoms. The lowest BCUT2D eigenvalue weighted by Gasteiger charge is -2.27. The molecule has 0 heterocycles. The molecule has 0 N–H and O–H groups in total. The standard InChI is InChI=1S/C20H23NO/c1-5-10-17(6-2)21(18-11-8-7-9-12-18)19-13-14-20(22-4)16(3)15-19/h5-15H,1-4H3. The first kappa shape index (κ1) is 15.9. The van der Waals surface area contributed by atoms with Gasteiger partial charge in [-0.2, -0.15) is 0 Å². The van der Waals surface area contributed by atoms with Crippen molar-refractivity contribution in [2.45, 2.75) is 20.8 Å². The van der Waals surface area contributed by atoms with Gasteiger partial charge in [-0.05, 0) is 62.7 Å². The predicted molar refractivity (Wildman–Crippen MR) is 94.9 cm³/mol. The van der Waals surface area contributed by atoms with Crippen molar-refractivity contribution >= 4 is 11.4 Å². The predicted octanol–water partition coefficient (Wildman–Crippen LogP) is 5.62. The first-order chi connectivity index (χ1) is 10.7. The Morgan fingerprint density at radius 1 is 1.00 bits per heavy atom. The highest BCUT2D eigenvalue weighted by atomic mass is 16.5. The Labute approximate surface area is 133 Å². The SMILES string of the molecule is CC=CC(=CC)N(c1ccccc1)c1ccc(OC)c(C)c1. The summed E-state index contributed by atoms with van der Waals surface area (Å²) in [6, 6.07) is 16.6. The zero-order valence-electron chi connectivity index (χ0n) is 13.7. The quantitative estimate of drug-likeness (QED) is 0.663. The topological polar surface area (TPSA) is 12.5 Å². The first-order valence-electron chi connectivity index (χ1n) is 7.50. The molecule has 2 heteroatoms. The molecule has 2 aromatic rings. The highest BCUT2D eigenvalue weighted by Gasteiger charge is 2.13. The van der Waals surface area contributed by atoms with Gasteiger partial charge in [-0.3, -0.25) is 0 Å². The second-order valence-corrected chi connectivity index (χ2v) is 5.04. The zero-order chi connectivity index (χ0) is 15.9. The molecule has 2 rings (SSSR count). The van der Waals surface area contributed by atoms with Gasteiger partial charge in [-0.1, -0.05) is 30.4 Å². The van der Waals surface area contributed by atoms with Crippen LogP contribution >= 0.6 is 0 Å². The molecule has 0 fully saturated rings. The summed E-state index contributed by atoms with van der Waals surface area (Å²) >= 11 is 0. The molecule has 114 valence electrons. The Morgan fingerprint density at radius 3 is 2.27 bits per heavy atom. The number of methoxy groups -OCH3 is 1. The fraction of sp³-hybridized carbons (Fsp3) is 0.200. The second-order valence-electron chi connectivity index (χ2n) is 5.04. The Balaban J connectivity index is 2.56. The summed E-state index contributed by atoms with van der Waals surface area (Å²) in [4.78, 5) is 2.24. The number of aryl methyl sites for hydroxylation is 1. The molecule has 0 saturated carbocycles. The molecule has 0 saturated heterocycles. The van der Waals surface area contributed by atoms with E-state index in [1.165, 1.54) is 0 Å². The number of benzene rings is 2. The van der Waals surface area contributed by atoms with Crippen LogP contribution in [0.4, 0.5) is 11.4 Å². The van der Waals surface area contributed by atoms with Crippen LogP contribution < -0.4 is 9.64 Å². The molecule has 0 radical (unpaired) electrons. The van der Waals surface area contributed by atoms with Crippen molar-refractivity contribution in [1.29, 1.82) is 0 Å². The minimum absolute atomic E-state index is 0.907. The van der Waals surface area contributed by atoms with Crippen molar-refractivity contribution < 1.29 is 4.74 Å². The molecule has 0 aliphatic heterocycles. The number of anilines is 2. The van der Waals surface area contributed by atoms with Crippen LogP contribution in [0, 0.1) is 6.92 Å². The van der Waals surface area contributed by atoms with E-state index < -0.39 is 0 Å². The Hall–Kier alpha value is -2.48. The largest absolute Gasteiger partial charge is 0.496 e. The van der Waals surface area contributed by atoms with Gasteiger partial charge >= 0.3 is 0 Å². The number of nitrogens with zero attached hydrogens (tertiary/aromatic N) is 1. The van der Waals surface area contributed by atoms with Gasteiger partial charge in [0.15, 0.2) is 0 Å². The summed E-state index contributed by atoms with van der Waals surface area (Å²) in [5.74, 6) is 0.907. The first-order valence-corrected chi connectivity index (χ1v) is 7.50. The maximum absolute atomic E-state index is 5.37. The number of hydrogen-bond donors (Lipinski definition) is 0. The van der Waals surface area contributed by atoms with E-state index in [-0.39, 0.29) is 0 Å². The van der Waals surface area contributed by atoms with Gasteiger partial charge in [0.2, 0.25) is 0 Å². The van der Waals surface area contributed by atoms with Crippen LogP contribution in [0.25, 0.3) is 0 Å². The van der Waals surface area contributed by atoms with Crippen LogP contribution in [0.5, 0.6) is 5.75 Å². The van der Waals surface area contributed by atoms with E-state index in [2.05, 4.69) is 73.4 Å². The second kappa shape index (κ2) is 7.51. The molecule has 2 aromatic carbocycles. The minimum Gasteiger partial charge on any atom is -0.496 e. The minimum atomic E-state index is 0.907. The molecule has 22 heavy (non-hydrogen) atoms. The molecule has 0 unspecified atom stereocenters. The van der Waals surface area contributed by atoms with Crippen molar-refractivity contribution in [2.24, 2.45) is 0 Å². The van der Waals surface area contributed by atoms with Crippen molar-refractivity contribution in [2.75, 3.05) is 12.0 Å². The van der Waals surface area contributed by atoms with Crippen LogP contribution in [-0.2, 0) is 0 Å². The Bertz CT molecular complexity index is 671. The van der Waals surface area contributed by atoms with Crippen LogP contribution in [0.1, 0.15) is 19.4 Å². The molecule has 0 amide bonds. The van der Waals surface area contributed by atoms with E-state index in [1.54, 1.807) is 7.11 Å². The van der Waals surface area contributed by atoms with Crippen LogP contribution in [0.2, 0.25) is 0 Å². The Kier molecular flexibility index (Phi) is 5.42. The van der Waals surface area contributed by atoms with Crippen molar-refractivity contribution in [1.82, 2.24) is 0 Å². The number of rotatable bonds is 5. The van der Waals surface area contributed by atoms with Gasteiger partial charge in [0.25, 0.3) is 0 Å². The van der Waals surface area contributed by atoms with E-state index in [0.717, 1.165) is 28.4 Å². The van der Waals surface area contributed by atoms with Gasteiger partial charge in [0.1, 0.15) is 5.75 Å². The van der Waals surface area contributed by atoms with E-state index in [4.69, 9.17) is 4.74 Å². The summed E-state index contributed by atoms with van der Waals surface area (Å²) in [6.45, 7) is 6.16. The summed E-state index contributed by atoms with van der Waals surface area (Å²) in [7, 11) is 1.70. The van der Waals surface area contributed by atoms with E-state index in [9.17, 15) is 0 Å². The lowest BCUT2D eigenvalue weighted by atomic mass is 10.1. The molecule has 0 atom stereocenters. The van der Waals surface area contributed by atoms with Gasteiger partial charge in [-0.25, -0.2) is 0 Å². The molecular weight excluding hydrogens is 270 g/mol. The van der Waals surface area contributed by atoms with Crippen molar-refractivity contribution in [3.05, 3.63) is 78.0 Å². The Morgan fingerprint density at radius 2 is 1.73 bits per heavy atom. The smallest absolute Gasteiger partial charge is 0.121 e. The lowest BCUT2D eigenvalue weighted by molar-refractivity contribution is 0.412. The van der Waals surface area contributed by atoms with Crippen molar-refractivity contribution in [3.63, 3.8) is 0 Å². The highest BCUT2D eigenvalue weighted by molar-refractivity contribution is 5.71. The van der Waals surface area contributed by atoms with Gasteiger partial charge in [0, 0.05) is 17.1 Å². The normalized spacial score (nSPS) is 11.7. The van der Waals surface area contributed by atoms with E-state index in [1.807, 2.05) is 19.1 Å². The summed E-state index contributed by atoms with van der Waals surface area (Å²) in [5, 5.41) is 0. The molecule has 2 nitrogen and oxygen atoms in total. The average molecular weight is 293 g/mol. The summed E-state index contributed by atoms with van der Waals surface area (Å²) in [5.41, 5.74) is 4.52. The van der Waals surface area contributed by atoms with Gasteiger partial charge in [-0.15, -0.1) is 0 Å². The fourth-order valence-electron chi connectivity index (χ4n) is 2.50. The molecule has 0 bridgehead atoms. The monoisotopic (exact) mass is 293 g/mol. The van der Waals surface area contributed by atoms with Crippen LogP contribution in [0.15, 0.2) is 72.5 Å². The molecular formula is C20H23NO. The maximum Gasteiger partial charge on any atom is 0.121 e. The van der Waals surface area contributed by atoms with Crippen LogP contribution in [-0.4, -0.2) is 7.11 Å². The van der Waals surface area contributed by atoms with Gasteiger partial charge in [0.05, 0.1) is 7.11 Å². The number of hydrogen-bond acceptors (Lipinski definition) is 2. The molecule has 0 aliphatic rings. The maximum atomic E-state index is 5.37. The third-order valence-corrected chi connectivity index (χ3v) is 3.54. The third-order valence-electron chi connectivity index (χ3n) is 3.54. The number of ether oxygens (including phenoxy) is 1. The van der Waals surface area contributed by atoms with E-state index >= 15 is 0 Å². The summed E-state index contributed by atoms with van der Waals surface area (Å²) in [6.07, 6.45) is 6.29. The molecule has 0 aromatic heterocycles. The fourth-order valence-corrected chi connectivity index (χ4v) is 2.50.